The Hall–Kier alpha value is -2.86. The van der Waals surface area contributed by atoms with Crippen LogP contribution < -0.4 is 10.6 Å². The Morgan fingerprint density at radius 1 is 1.12 bits per heavy atom. The molecule has 0 saturated carbocycles. The Kier molecular flexibility index (Phi) is 4.72. The number of benzene rings is 2. The van der Waals surface area contributed by atoms with E-state index in [1.54, 1.807) is 48.5 Å². The predicted molar refractivity (Wildman–Crippen MR) is 94.1 cm³/mol. The summed E-state index contributed by atoms with van der Waals surface area (Å²) >= 11 is 5.81. The molecule has 0 aromatic heterocycles. The molecule has 1 aliphatic heterocycles. The van der Waals surface area contributed by atoms with Crippen LogP contribution in [0, 0.1) is 0 Å². The van der Waals surface area contributed by atoms with E-state index in [0.717, 1.165) is 4.90 Å². The normalized spacial score (nSPS) is 18.0. The van der Waals surface area contributed by atoms with Gasteiger partial charge in [-0.15, -0.1) is 0 Å². The number of nitrogens with zero attached hydrogens (tertiary/aromatic N) is 1. The molecule has 7 heteroatoms. The highest BCUT2D eigenvalue weighted by molar-refractivity contribution is 6.30. The number of carbonyl (C=O) groups excluding carboxylic acids is 3. The van der Waals surface area contributed by atoms with E-state index in [9.17, 15) is 14.4 Å². The first kappa shape index (κ1) is 17.0. The van der Waals surface area contributed by atoms with Gasteiger partial charge in [-0.05, 0) is 36.8 Å². The van der Waals surface area contributed by atoms with Gasteiger partial charge < -0.3 is 10.6 Å². The van der Waals surface area contributed by atoms with Crippen molar-refractivity contribution in [3.8, 4) is 0 Å². The van der Waals surface area contributed by atoms with E-state index in [-0.39, 0.29) is 0 Å². The fraction of sp³-hybridized carbons (Fsp3) is 0.167. The van der Waals surface area contributed by atoms with E-state index in [1.807, 2.05) is 6.07 Å². The molecule has 2 aromatic carbocycles. The highest BCUT2D eigenvalue weighted by Crippen LogP contribution is 2.24. The second kappa shape index (κ2) is 6.94. The number of anilines is 1. The number of carbonyl (C=O) groups is 3. The van der Waals surface area contributed by atoms with Crippen LogP contribution in [-0.2, 0) is 9.59 Å². The van der Waals surface area contributed by atoms with Crippen molar-refractivity contribution in [2.75, 3.05) is 5.32 Å². The van der Waals surface area contributed by atoms with Gasteiger partial charge in [0.2, 0.25) is 5.91 Å². The van der Waals surface area contributed by atoms with E-state index in [4.69, 9.17) is 11.6 Å². The third-order valence-electron chi connectivity index (χ3n) is 3.98. The molecular weight excluding hydrogens is 342 g/mol. The summed E-state index contributed by atoms with van der Waals surface area (Å²) in [5.41, 5.74) is 1.21. The molecule has 1 fully saturated rings. The zero-order valence-electron chi connectivity index (χ0n) is 13.4. The lowest BCUT2D eigenvalue weighted by Gasteiger charge is -2.21. The van der Waals surface area contributed by atoms with Gasteiger partial charge in [0.1, 0.15) is 12.1 Å². The minimum atomic E-state index is -0.947. The van der Waals surface area contributed by atoms with Crippen LogP contribution in [0.25, 0.3) is 0 Å². The summed E-state index contributed by atoms with van der Waals surface area (Å²) in [4.78, 5) is 38.2. The zero-order valence-corrected chi connectivity index (χ0v) is 14.2. The second-order valence-corrected chi connectivity index (χ2v) is 6.11. The number of imide groups is 1. The van der Waals surface area contributed by atoms with Crippen molar-refractivity contribution in [3.63, 3.8) is 0 Å². The standard InChI is InChI=1S/C18H16ClN3O3/c1-11(16(23)20-14-9-7-13(19)8-10-14)22-17(24)15(21-18(22)25)12-5-3-2-4-6-12/h2-11,15H,1H3,(H,20,23)(H,21,25). The first-order valence-corrected chi connectivity index (χ1v) is 8.10. The Morgan fingerprint density at radius 2 is 1.76 bits per heavy atom. The summed E-state index contributed by atoms with van der Waals surface area (Å²) in [5.74, 6) is -0.908. The van der Waals surface area contributed by atoms with Gasteiger partial charge in [-0.3, -0.25) is 9.59 Å². The lowest BCUT2D eigenvalue weighted by Crippen LogP contribution is -2.45. The number of halogens is 1. The van der Waals surface area contributed by atoms with E-state index >= 15 is 0 Å². The van der Waals surface area contributed by atoms with Gasteiger partial charge in [-0.1, -0.05) is 41.9 Å². The van der Waals surface area contributed by atoms with Gasteiger partial charge in [-0.2, -0.15) is 0 Å². The Morgan fingerprint density at radius 3 is 2.40 bits per heavy atom. The molecule has 1 heterocycles. The zero-order chi connectivity index (χ0) is 18.0. The van der Waals surface area contributed by atoms with Crippen molar-refractivity contribution in [1.29, 1.82) is 0 Å². The maximum absolute atomic E-state index is 12.6. The van der Waals surface area contributed by atoms with E-state index in [1.165, 1.54) is 6.92 Å². The van der Waals surface area contributed by atoms with Gasteiger partial charge in [-0.25, -0.2) is 9.69 Å². The third kappa shape index (κ3) is 3.49. The number of rotatable bonds is 4. The van der Waals surface area contributed by atoms with Crippen molar-refractivity contribution >= 4 is 35.1 Å². The van der Waals surface area contributed by atoms with E-state index in [2.05, 4.69) is 10.6 Å². The molecule has 0 spiro atoms. The molecule has 4 amide bonds. The average molecular weight is 358 g/mol. The van der Waals surface area contributed by atoms with Gasteiger partial charge in [0.25, 0.3) is 5.91 Å². The van der Waals surface area contributed by atoms with Crippen LogP contribution in [-0.4, -0.2) is 28.8 Å². The van der Waals surface area contributed by atoms with Crippen LogP contribution in [0.3, 0.4) is 0 Å². The van der Waals surface area contributed by atoms with Crippen molar-refractivity contribution in [2.45, 2.75) is 19.0 Å². The molecule has 2 unspecified atom stereocenters. The van der Waals surface area contributed by atoms with Crippen LogP contribution in [0.5, 0.6) is 0 Å². The SMILES string of the molecule is CC(C(=O)Nc1ccc(Cl)cc1)N1C(=O)NC(c2ccccc2)C1=O. The van der Waals surface area contributed by atoms with Gasteiger partial charge in [0, 0.05) is 10.7 Å². The largest absolute Gasteiger partial charge is 0.325 e. The predicted octanol–water partition coefficient (Wildman–Crippen LogP) is 2.96. The summed E-state index contributed by atoms with van der Waals surface area (Å²) in [6.45, 7) is 1.51. The van der Waals surface area contributed by atoms with Crippen molar-refractivity contribution in [2.24, 2.45) is 0 Å². The highest BCUT2D eigenvalue weighted by atomic mass is 35.5. The Labute approximate surface area is 149 Å². The molecule has 1 saturated heterocycles. The van der Waals surface area contributed by atoms with Crippen molar-refractivity contribution in [3.05, 3.63) is 65.2 Å². The smallest absolute Gasteiger partial charge is 0.324 e. The summed E-state index contributed by atoms with van der Waals surface area (Å²) in [6.07, 6.45) is 0. The van der Waals surface area contributed by atoms with Crippen molar-refractivity contribution in [1.82, 2.24) is 10.2 Å². The topological polar surface area (TPSA) is 78.5 Å². The van der Waals surface area contributed by atoms with Gasteiger partial charge in [0.05, 0.1) is 0 Å². The summed E-state index contributed by atoms with van der Waals surface area (Å²) in [5, 5.41) is 5.83. The van der Waals surface area contributed by atoms with Crippen LogP contribution in [0.4, 0.5) is 10.5 Å². The molecule has 1 aliphatic rings. The number of amides is 4. The van der Waals surface area contributed by atoms with Crippen LogP contribution in [0.1, 0.15) is 18.5 Å². The first-order valence-electron chi connectivity index (χ1n) is 7.72. The molecular formula is C18H16ClN3O3. The maximum Gasteiger partial charge on any atom is 0.325 e. The Bertz CT molecular complexity index is 808. The quantitative estimate of drug-likeness (QED) is 0.826. The average Bonchev–Trinajstić information content (AvgIpc) is 2.91. The molecule has 2 N–H and O–H groups in total. The molecule has 0 radical (unpaired) electrons. The fourth-order valence-electron chi connectivity index (χ4n) is 2.63. The van der Waals surface area contributed by atoms with Gasteiger partial charge >= 0.3 is 6.03 Å². The fourth-order valence-corrected chi connectivity index (χ4v) is 2.76. The summed E-state index contributed by atoms with van der Waals surface area (Å²) < 4.78 is 0. The van der Waals surface area contributed by atoms with E-state index < -0.39 is 29.9 Å². The number of hydrogen-bond acceptors (Lipinski definition) is 3. The molecule has 3 rings (SSSR count). The van der Waals surface area contributed by atoms with Crippen LogP contribution >= 0.6 is 11.6 Å². The molecule has 25 heavy (non-hydrogen) atoms. The maximum atomic E-state index is 12.6. The molecule has 2 aromatic rings. The summed E-state index contributed by atoms with van der Waals surface area (Å²) in [7, 11) is 0. The lowest BCUT2D eigenvalue weighted by atomic mass is 10.1. The first-order chi connectivity index (χ1) is 12.0. The summed E-state index contributed by atoms with van der Waals surface area (Å²) in [6, 6.07) is 13.2. The molecule has 128 valence electrons. The number of urea groups is 1. The number of nitrogens with one attached hydrogen (secondary N) is 2. The third-order valence-corrected chi connectivity index (χ3v) is 4.23. The minimum Gasteiger partial charge on any atom is -0.324 e. The molecule has 2 atom stereocenters. The molecule has 0 bridgehead atoms. The van der Waals surface area contributed by atoms with E-state index in [0.29, 0.717) is 16.3 Å². The Balaban J connectivity index is 1.74. The van der Waals surface area contributed by atoms with Crippen LogP contribution in [0.15, 0.2) is 54.6 Å². The monoisotopic (exact) mass is 357 g/mol. The van der Waals surface area contributed by atoms with Gasteiger partial charge in [0.15, 0.2) is 0 Å². The lowest BCUT2D eigenvalue weighted by molar-refractivity contribution is -0.133. The minimum absolute atomic E-state index is 0.449. The number of hydrogen-bond donors (Lipinski definition) is 2. The van der Waals surface area contributed by atoms with Crippen molar-refractivity contribution < 1.29 is 14.4 Å². The molecule has 0 aliphatic carbocycles. The second-order valence-electron chi connectivity index (χ2n) is 5.67. The molecule has 6 nitrogen and oxygen atoms in total. The van der Waals surface area contributed by atoms with Crippen LogP contribution in [0.2, 0.25) is 5.02 Å². The highest BCUT2D eigenvalue weighted by Gasteiger charge is 2.43.